The summed E-state index contributed by atoms with van der Waals surface area (Å²) in [5.74, 6) is 0. The van der Waals surface area contributed by atoms with Crippen LogP contribution in [0.4, 0.5) is 0 Å². The largest absolute Gasteiger partial charge is 0.456 e. The van der Waals surface area contributed by atoms with Crippen LogP contribution in [0.25, 0.3) is 155 Å². The average Bonchev–Trinajstić information content (AvgIpc) is 4.23. The van der Waals surface area contributed by atoms with E-state index in [0.29, 0.717) is 0 Å². The van der Waals surface area contributed by atoms with Crippen molar-refractivity contribution in [1.29, 1.82) is 0 Å². The highest BCUT2D eigenvalue weighted by atomic mass is 16.3. The summed E-state index contributed by atoms with van der Waals surface area (Å²) in [7, 11) is 0. The van der Waals surface area contributed by atoms with Crippen molar-refractivity contribution in [3.63, 3.8) is 0 Å². The van der Waals surface area contributed by atoms with Crippen LogP contribution in [0.1, 0.15) is 61.1 Å². The quantitative estimate of drug-likeness (QED) is 0.176. The first kappa shape index (κ1) is 39.9. The fourth-order valence-electron chi connectivity index (χ4n) is 13.1. The van der Waals surface area contributed by atoms with Crippen LogP contribution in [-0.4, -0.2) is 0 Å². The molecule has 0 spiro atoms. The van der Waals surface area contributed by atoms with Crippen molar-refractivity contribution in [2.75, 3.05) is 0 Å². The Hall–Kier alpha value is -8.86. The van der Waals surface area contributed by atoms with Crippen molar-refractivity contribution in [2.45, 2.75) is 38.5 Å². The van der Waals surface area contributed by atoms with E-state index in [2.05, 4.69) is 199 Å². The molecule has 0 saturated heterocycles. The lowest BCUT2D eigenvalue weighted by Crippen LogP contribution is -2.17. The highest BCUT2D eigenvalue weighted by Gasteiger charge is 2.45. The minimum absolute atomic E-state index is 0.351. The van der Waals surface area contributed by atoms with Gasteiger partial charge in [-0.2, -0.15) is 0 Å². The summed E-state index contributed by atoms with van der Waals surface area (Å²) in [6.07, 6.45) is 3.73. The molecule has 10 aromatic carbocycles. The van der Waals surface area contributed by atoms with Crippen LogP contribution >= 0.6 is 0 Å². The lowest BCUT2D eigenvalue weighted by Gasteiger charge is -2.24. The van der Waals surface area contributed by atoms with Gasteiger partial charge in [-0.15, -0.1) is 0 Å². The van der Waals surface area contributed by atoms with E-state index in [4.69, 9.17) is 17.7 Å². The highest BCUT2D eigenvalue weighted by Crippen LogP contribution is 2.61. The Bertz CT molecular complexity index is 4840. The topological polar surface area (TPSA) is 52.6 Å². The van der Waals surface area contributed by atoms with Crippen LogP contribution in [0.15, 0.2) is 189 Å². The van der Waals surface area contributed by atoms with E-state index < -0.39 is 0 Å². The maximum atomic E-state index is 7.00. The van der Waals surface area contributed by atoms with Crippen molar-refractivity contribution in [3.8, 4) is 44.5 Å². The Kier molecular flexibility index (Phi) is 7.49. The van der Waals surface area contributed by atoms with Gasteiger partial charge >= 0.3 is 0 Å². The van der Waals surface area contributed by atoms with Crippen molar-refractivity contribution >= 4 is 111 Å². The summed E-state index contributed by atoms with van der Waals surface area (Å²) >= 11 is 0. The molecule has 72 heavy (non-hydrogen) atoms. The number of benzene rings is 10. The zero-order valence-electron chi connectivity index (χ0n) is 40.2. The van der Waals surface area contributed by atoms with E-state index in [1.807, 2.05) is 12.2 Å². The van der Waals surface area contributed by atoms with Crippen LogP contribution < -0.4 is 0 Å². The number of rotatable bonds is 4. The Labute approximate surface area is 413 Å². The molecule has 4 aromatic heterocycles. The molecule has 2 aliphatic carbocycles. The minimum Gasteiger partial charge on any atom is -0.456 e. The van der Waals surface area contributed by atoms with Gasteiger partial charge in [-0.1, -0.05) is 126 Å². The smallest absolute Gasteiger partial charge is 0.143 e. The monoisotopic (exact) mass is 924 g/mol. The standard InChI is InChI=1S/C68H44O4/c1-7-35-25-47-41-23-21-39(29-57(41)69-59(47)27-36(35)8-2)45-31-53-61(63-43-17-11-13-19-55(43)71-65(45)63)49-33-52-50(34-51(49)67(53,3)4)62-54(68(52,5)6)32-46(66-64(62)44-18-12-14-20-56(44)72-66)40-22-24-42-48-26-37-15-9-10-16-38(37)28-60(48)70-58(42)30-40/h7-34H,1-2H2,3-6H3. The second-order valence-corrected chi connectivity index (χ2v) is 21.2. The van der Waals surface area contributed by atoms with Crippen molar-refractivity contribution in [2.24, 2.45) is 0 Å². The first-order chi connectivity index (χ1) is 35.1. The van der Waals surface area contributed by atoms with Crippen molar-refractivity contribution < 1.29 is 17.7 Å². The maximum absolute atomic E-state index is 7.00. The Morgan fingerprint density at radius 2 is 0.778 bits per heavy atom. The lowest BCUT2D eigenvalue weighted by atomic mass is 9.79. The van der Waals surface area contributed by atoms with Gasteiger partial charge in [0, 0.05) is 65.0 Å². The number of fused-ring (bicyclic) bond motifs is 21. The summed E-state index contributed by atoms with van der Waals surface area (Å²) in [5, 5.41) is 11.3. The molecule has 4 nitrogen and oxygen atoms in total. The molecule has 0 bridgehead atoms. The van der Waals surface area contributed by atoms with E-state index in [0.717, 1.165) is 121 Å². The fourth-order valence-corrected chi connectivity index (χ4v) is 13.1. The molecule has 14 aromatic rings. The summed E-state index contributed by atoms with van der Waals surface area (Å²) in [4.78, 5) is 0. The zero-order chi connectivity index (χ0) is 48.1. The Morgan fingerprint density at radius 1 is 0.347 bits per heavy atom. The second kappa shape index (κ2) is 13.5. The number of furan rings is 4. The Morgan fingerprint density at radius 3 is 1.31 bits per heavy atom. The Balaban J connectivity index is 0.909. The first-order valence-electron chi connectivity index (χ1n) is 24.9. The highest BCUT2D eigenvalue weighted by molar-refractivity contribution is 6.22. The minimum atomic E-state index is -0.356. The van der Waals surface area contributed by atoms with Gasteiger partial charge in [0.2, 0.25) is 0 Å². The van der Waals surface area contributed by atoms with Gasteiger partial charge in [-0.3, -0.25) is 0 Å². The van der Waals surface area contributed by atoms with Gasteiger partial charge in [0.05, 0.1) is 0 Å². The van der Waals surface area contributed by atoms with Crippen LogP contribution in [0.2, 0.25) is 0 Å². The van der Waals surface area contributed by atoms with Gasteiger partial charge in [0.15, 0.2) is 0 Å². The molecule has 0 radical (unpaired) electrons. The summed E-state index contributed by atoms with van der Waals surface area (Å²) < 4.78 is 27.2. The van der Waals surface area contributed by atoms with Gasteiger partial charge in [0.1, 0.15) is 44.7 Å². The number of hydrogen-bond donors (Lipinski definition) is 0. The third-order valence-electron chi connectivity index (χ3n) is 16.8. The maximum Gasteiger partial charge on any atom is 0.143 e. The predicted octanol–water partition coefficient (Wildman–Crippen LogP) is 19.7. The molecule has 4 heteroatoms. The third-order valence-corrected chi connectivity index (χ3v) is 16.8. The molecule has 0 atom stereocenters. The van der Waals surface area contributed by atoms with Gasteiger partial charge in [-0.05, 0) is 162 Å². The SMILES string of the molecule is C=Cc1cc2oc3cc(-c4cc5c(c6c4oc4ccccc46)-c4cc6c(cc4C5(C)C)-c4c(cc(-c5ccc7c(c5)oc5cc8ccccc8cc57)c5oc7ccccc7c45)C6(C)C)ccc3c2cc1C=C. The molecule has 0 fully saturated rings. The van der Waals surface area contributed by atoms with E-state index in [9.17, 15) is 0 Å². The average molecular weight is 925 g/mol. The van der Waals surface area contributed by atoms with E-state index in [-0.39, 0.29) is 10.8 Å². The van der Waals surface area contributed by atoms with Gasteiger partial charge in [0.25, 0.3) is 0 Å². The summed E-state index contributed by atoms with van der Waals surface area (Å²) in [5.41, 5.74) is 22.7. The van der Waals surface area contributed by atoms with E-state index >= 15 is 0 Å². The third kappa shape index (κ3) is 5.01. The zero-order valence-corrected chi connectivity index (χ0v) is 40.2. The fraction of sp³-hybridized carbons (Fsp3) is 0.0882. The molecular formula is C68H44O4. The van der Waals surface area contributed by atoms with Crippen LogP contribution in [0.3, 0.4) is 0 Å². The van der Waals surface area contributed by atoms with Gasteiger partial charge < -0.3 is 17.7 Å². The van der Waals surface area contributed by atoms with Crippen LogP contribution in [-0.2, 0) is 10.8 Å². The summed E-state index contributed by atoms with van der Waals surface area (Å²) in [6.45, 7) is 17.7. The normalized spacial score (nSPS) is 14.4. The predicted molar refractivity (Wildman–Crippen MR) is 299 cm³/mol. The summed E-state index contributed by atoms with van der Waals surface area (Å²) in [6, 6.07) is 57.2. The molecule has 0 saturated carbocycles. The second-order valence-electron chi connectivity index (χ2n) is 21.2. The molecular weight excluding hydrogens is 881 g/mol. The molecule has 0 amide bonds. The molecule has 0 N–H and O–H groups in total. The van der Waals surface area contributed by atoms with E-state index in [1.165, 1.54) is 55.3 Å². The van der Waals surface area contributed by atoms with E-state index in [1.54, 1.807) is 0 Å². The molecule has 4 heterocycles. The van der Waals surface area contributed by atoms with Crippen LogP contribution in [0, 0.1) is 0 Å². The molecule has 2 aliphatic rings. The lowest BCUT2D eigenvalue weighted by molar-refractivity contribution is 0.650. The van der Waals surface area contributed by atoms with Crippen LogP contribution in [0.5, 0.6) is 0 Å². The molecule has 0 aliphatic heterocycles. The number of para-hydroxylation sites is 2. The molecule has 16 rings (SSSR count). The molecule has 340 valence electrons. The number of hydrogen-bond acceptors (Lipinski definition) is 4. The van der Waals surface area contributed by atoms with Crippen molar-refractivity contribution in [1.82, 2.24) is 0 Å². The first-order valence-corrected chi connectivity index (χ1v) is 24.9. The van der Waals surface area contributed by atoms with Crippen molar-refractivity contribution in [3.05, 3.63) is 204 Å². The molecule has 0 unspecified atom stereocenters. The van der Waals surface area contributed by atoms with Gasteiger partial charge in [-0.25, -0.2) is 0 Å².